The van der Waals surface area contributed by atoms with Crippen LogP contribution in [-0.4, -0.2) is 0 Å². The molecule has 1 aliphatic rings. The van der Waals surface area contributed by atoms with Crippen molar-refractivity contribution in [1.29, 1.82) is 5.26 Å². The number of rotatable bonds is 1. The molecule has 0 unspecified atom stereocenters. The zero-order valence-corrected chi connectivity index (χ0v) is 14.4. The van der Waals surface area contributed by atoms with E-state index < -0.39 is 11.5 Å². The number of nitriles is 1. The molecule has 0 amide bonds. The van der Waals surface area contributed by atoms with Gasteiger partial charge in [-0.15, -0.1) is 0 Å². The molecule has 1 aliphatic heterocycles. The highest BCUT2D eigenvalue weighted by Crippen LogP contribution is 2.43. The number of benzene rings is 2. The van der Waals surface area contributed by atoms with Crippen molar-refractivity contribution in [1.82, 2.24) is 0 Å². The second-order valence-corrected chi connectivity index (χ2v) is 6.52. The highest BCUT2D eigenvalue weighted by molar-refractivity contribution is 9.10. The zero-order chi connectivity index (χ0) is 17.6. The maximum atomic E-state index is 12.7. The molecule has 0 saturated heterocycles. The summed E-state index contributed by atoms with van der Waals surface area (Å²) in [5.74, 6) is -0.309. The van der Waals surface area contributed by atoms with Gasteiger partial charge in [0.1, 0.15) is 17.2 Å². The number of nitrogens with two attached hydrogens (primary N) is 1. The van der Waals surface area contributed by atoms with Crippen LogP contribution in [0.4, 0.5) is 0 Å². The molecule has 0 fully saturated rings. The predicted molar refractivity (Wildman–Crippen MR) is 95.9 cm³/mol. The van der Waals surface area contributed by atoms with Gasteiger partial charge >= 0.3 is 5.63 Å². The van der Waals surface area contributed by atoms with Gasteiger partial charge < -0.3 is 14.9 Å². The van der Waals surface area contributed by atoms with Crippen LogP contribution in [0, 0.1) is 11.3 Å². The van der Waals surface area contributed by atoms with Crippen LogP contribution in [0.2, 0.25) is 0 Å². The fraction of sp³-hybridized carbons (Fsp3) is 0.0526. The number of allylic oxidation sites excluding steroid dienone is 1. The lowest BCUT2D eigenvalue weighted by atomic mass is 9.84. The Balaban J connectivity index is 2.10. The Morgan fingerprint density at radius 3 is 2.72 bits per heavy atom. The van der Waals surface area contributed by atoms with Gasteiger partial charge in [-0.1, -0.05) is 40.2 Å². The van der Waals surface area contributed by atoms with E-state index in [1.165, 1.54) is 0 Å². The first-order valence-electron chi connectivity index (χ1n) is 7.49. The molecule has 6 heteroatoms. The van der Waals surface area contributed by atoms with Gasteiger partial charge in [0.2, 0.25) is 5.88 Å². The van der Waals surface area contributed by atoms with E-state index >= 15 is 0 Å². The van der Waals surface area contributed by atoms with Gasteiger partial charge in [-0.3, -0.25) is 0 Å². The fourth-order valence-corrected chi connectivity index (χ4v) is 3.50. The molecule has 122 valence electrons. The lowest BCUT2D eigenvalue weighted by Gasteiger charge is -2.26. The van der Waals surface area contributed by atoms with Gasteiger partial charge in [-0.2, -0.15) is 5.26 Å². The molecule has 2 aromatic carbocycles. The number of hydrogen-bond donors (Lipinski definition) is 1. The number of hydrogen-bond acceptors (Lipinski definition) is 5. The minimum atomic E-state index is -0.646. The smallest absolute Gasteiger partial charge is 0.344 e. The molecule has 0 radical (unpaired) electrons. The van der Waals surface area contributed by atoms with Crippen LogP contribution in [0.1, 0.15) is 17.0 Å². The molecular weight excluding hydrogens is 384 g/mol. The van der Waals surface area contributed by atoms with Crippen molar-refractivity contribution in [3.8, 4) is 11.8 Å². The summed E-state index contributed by atoms with van der Waals surface area (Å²) in [6.07, 6.45) is 0. The molecular formula is C19H11BrN2O3. The summed E-state index contributed by atoms with van der Waals surface area (Å²) in [5, 5.41) is 10.2. The van der Waals surface area contributed by atoms with Crippen LogP contribution in [0.15, 0.2) is 73.7 Å². The Labute approximate surface area is 151 Å². The van der Waals surface area contributed by atoms with Crippen LogP contribution >= 0.6 is 15.9 Å². The van der Waals surface area contributed by atoms with E-state index in [4.69, 9.17) is 14.9 Å². The van der Waals surface area contributed by atoms with E-state index in [1.54, 1.807) is 18.2 Å². The average Bonchev–Trinajstić information content (AvgIpc) is 2.60. The molecule has 1 atom stereocenters. The fourth-order valence-electron chi connectivity index (χ4n) is 3.09. The van der Waals surface area contributed by atoms with Gasteiger partial charge in [-0.05, 0) is 29.8 Å². The first kappa shape index (κ1) is 15.5. The quantitative estimate of drug-likeness (QED) is 0.634. The second-order valence-electron chi connectivity index (χ2n) is 5.61. The summed E-state index contributed by atoms with van der Waals surface area (Å²) < 4.78 is 12.0. The van der Waals surface area contributed by atoms with Crippen LogP contribution in [0.5, 0.6) is 5.75 Å². The van der Waals surface area contributed by atoms with Crippen molar-refractivity contribution in [3.63, 3.8) is 0 Å². The Morgan fingerprint density at radius 2 is 1.96 bits per heavy atom. The normalized spacial score (nSPS) is 16.2. The van der Waals surface area contributed by atoms with E-state index in [2.05, 4.69) is 22.0 Å². The van der Waals surface area contributed by atoms with Crippen LogP contribution in [0.25, 0.3) is 11.0 Å². The molecule has 0 aliphatic carbocycles. The van der Waals surface area contributed by atoms with Crippen molar-refractivity contribution < 1.29 is 9.15 Å². The van der Waals surface area contributed by atoms with Gasteiger partial charge in [-0.25, -0.2) is 4.79 Å². The van der Waals surface area contributed by atoms with Crippen LogP contribution < -0.4 is 16.1 Å². The van der Waals surface area contributed by atoms with E-state index in [-0.39, 0.29) is 17.0 Å². The number of para-hydroxylation sites is 1. The number of ether oxygens (including phenoxy) is 1. The minimum Gasteiger partial charge on any atom is -0.439 e. The van der Waals surface area contributed by atoms with Crippen molar-refractivity contribution in [3.05, 3.63) is 86.0 Å². The standard InChI is InChI=1S/C19H11BrN2O3/c20-11-5-3-4-10(8-11)15-13(9-21)18(22)25-17-12-6-1-2-7-14(12)24-19(23)16(15)17/h1-8,15H,22H2/t15-/m1/s1. The van der Waals surface area contributed by atoms with Crippen LogP contribution in [0.3, 0.4) is 0 Å². The minimum absolute atomic E-state index is 0.00396. The van der Waals surface area contributed by atoms with E-state index in [0.717, 1.165) is 10.0 Å². The monoisotopic (exact) mass is 394 g/mol. The maximum Gasteiger partial charge on any atom is 0.344 e. The molecule has 4 rings (SSSR count). The SMILES string of the molecule is N#CC1=C(N)Oc2c(c(=O)oc3ccccc23)[C@@H]1c1cccc(Br)c1. The van der Waals surface area contributed by atoms with Crippen molar-refractivity contribution >= 4 is 26.9 Å². The third-order valence-corrected chi connectivity index (χ3v) is 4.65. The van der Waals surface area contributed by atoms with Gasteiger partial charge in [0.15, 0.2) is 5.75 Å². The molecule has 3 aromatic rings. The molecule has 25 heavy (non-hydrogen) atoms. The third kappa shape index (κ3) is 2.41. The van der Waals surface area contributed by atoms with E-state index in [1.807, 2.05) is 30.3 Å². The van der Waals surface area contributed by atoms with Gasteiger partial charge in [0.25, 0.3) is 0 Å². The molecule has 0 spiro atoms. The molecule has 2 N–H and O–H groups in total. The molecule has 0 bridgehead atoms. The lowest BCUT2D eigenvalue weighted by Crippen LogP contribution is -2.26. The summed E-state index contributed by atoms with van der Waals surface area (Å²) in [4.78, 5) is 12.7. The van der Waals surface area contributed by atoms with Gasteiger partial charge in [0.05, 0.1) is 16.9 Å². The Bertz CT molecular complexity index is 1140. The Kier molecular flexibility index (Phi) is 3.59. The zero-order valence-electron chi connectivity index (χ0n) is 12.8. The topological polar surface area (TPSA) is 89.3 Å². The number of nitrogens with zero attached hydrogens (tertiary/aromatic N) is 1. The molecule has 0 saturated carbocycles. The summed E-state index contributed by atoms with van der Waals surface area (Å²) in [6.45, 7) is 0. The Morgan fingerprint density at radius 1 is 1.16 bits per heavy atom. The first-order chi connectivity index (χ1) is 12.1. The van der Waals surface area contributed by atoms with Crippen LogP contribution in [-0.2, 0) is 0 Å². The lowest BCUT2D eigenvalue weighted by molar-refractivity contribution is 0.388. The second kappa shape index (κ2) is 5.80. The molecule has 2 heterocycles. The van der Waals surface area contributed by atoms with Crippen molar-refractivity contribution in [2.75, 3.05) is 0 Å². The van der Waals surface area contributed by atoms with Gasteiger partial charge in [0, 0.05) is 4.47 Å². The maximum absolute atomic E-state index is 12.7. The predicted octanol–water partition coefficient (Wildman–Crippen LogP) is 3.77. The van der Waals surface area contributed by atoms with Crippen molar-refractivity contribution in [2.45, 2.75) is 5.92 Å². The third-order valence-electron chi connectivity index (χ3n) is 4.16. The summed E-state index contributed by atoms with van der Waals surface area (Å²) in [5.41, 5.74) is 7.09. The van der Waals surface area contributed by atoms with Crippen molar-refractivity contribution in [2.24, 2.45) is 5.73 Å². The molecule has 5 nitrogen and oxygen atoms in total. The summed E-state index contributed by atoms with van der Waals surface area (Å²) in [7, 11) is 0. The summed E-state index contributed by atoms with van der Waals surface area (Å²) >= 11 is 3.42. The number of halogens is 1. The highest BCUT2D eigenvalue weighted by atomic mass is 79.9. The average molecular weight is 395 g/mol. The van der Waals surface area contributed by atoms with E-state index in [9.17, 15) is 10.1 Å². The summed E-state index contributed by atoms with van der Waals surface area (Å²) in [6, 6.07) is 16.5. The first-order valence-corrected chi connectivity index (χ1v) is 8.28. The number of fused-ring (bicyclic) bond motifs is 3. The largest absolute Gasteiger partial charge is 0.439 e. The molecule has 1 aromatic heterocycles. The Hall–Kier alpha value is -3.04. The highest BCUT2D eigenvalue weighted by Gasteiger charge is 2.35. The van der Waals surface area contributed by atoms with E-state index in [0.29, 0.717) is 16.7 Å².